The number of aldehydes is 1. The van der Waals surface area contributed by atoms with Gasteiger partial charge in [0.25, 0.3) is 0 Å². The van der Waals surface area contributed by atoms with Crippen molar-refractivity contribution in [1.82, 2.24) is 0 Å². The van der Waals surface area contributed by atoms with Gasteiger partial charge in [-0.1, -0.05) is 26.2 Å². The van der Waals surface area contributed by atoms with E-state index in [-0.39, 0.29) is 12.3 Å². The molecular weight excluding hydrogens is 208 g/mol. The molecule has 2 rings (SSSR count). The van der Waals surface area contributed by atoms with E-state index in [0.29, 0.717) is 18.6 Å². The molecule has 0 aromatic rings. The standard InChI is InChI=1S/C16H28O/c1-2-13-3-7-15(8-4-13)16-9-5-14(6-10-16)11-12-17/h12-16H,2-11H2,1H3/i5D2,9D,14D. The maximum absolute atomic E-state index is 10.8. The predicted octanol–water partition coefficient (Wildman–Crippen LogP) is 4.60. The van der Waals surface area contributed by atoms with E-state index in [9.17, 15) is 4.79 Å². The highest BCUT2D eigenvalue weighted by atomic mass is 16.1. The maximum atomic E-state index is 10.8. The van der Waals surface area contributed by atoms with Gasteiger partial charge in [0, 0.05) is 11.9 Å². The molecule has 0 radical (unpaired) electrons. The lowest BCUT2D eigenvalue weighted by molar-refractivity contribution is -0.108. The Hall–Kier alpha value is -0.330. The highest BCUT2D eigenvalue weighted by Gasteiger charge is 2.30. The second-order valence-electron chi connectivity index (χ2n) is 5.68. The normalized spacial score (nSPS) is 53.9. The number of rotatable bonds is 4. The van der Waals surface area contributed by atoms with Gasteiger partial charge in [0.2, 0.25) is 0 Å². The summed E-state index contributed by atoms with van der Waals surface area (Å²) in [5, 5.41) is 0. The van der Waals surface area contributed by atoms with Gasteiger partial charge in [0.05, 0.1) is 0 Å². The molecular formula is C16H28O. The molecule has 3 atom stereocenters. The Morgan fingerprint density at radius 3 is 2.53 bits per heavy atom. The van der Waals surface area contributed by atoms with Crippen LogP contribution < -0.4 is 0 Å². The van der Waals surface area contributed by atoms with Crippen LogP contribution in [0.2, 0.25) is 0 Å². The summed E-state index contributed by atoms with van der Waals surface area (Å²) in [5.74, 6) is -0.108. The van der Waals surface area contributed by atoms with E-state index in [1.807, 2.05) is 0 Å². The Bertz CT molecular complexity index is 365. The molecule has 2 saturated carbocycles. The van der Waals surface area contributed by atoms with Crippen molar-refractivity contribution in [2.24, 2.45) is 23.6 Å². The number of carbonyl (C=O) groups is 1. The van der Waals surface area contributed by atoms with E-state index in [1.54, 1.807) is 0 Å². The van der Waals surface area contributed by atoms with Crippen molar-refractivity contribution in [1.29, 1.82) is 0 Å². The summed E-state index contributed by atoms with van der Waals surface area (Å²) in [5.41, 5.74) is 0. The second kappa shape index (κ2) is 6.56. The zero-order valence-electron chi connectivity index (χ0n) is 15.0. The molecule has 0 amide bonds. The molecule has 0 aromatic heterocycles. The Morgan fingerprint density at radius 1 is 1.18 bits per heavy atom. The minimum atomic E-state index is -1.89. The molecule has 98 valence electrons. The van der Waals surface area contributed by atoms with Crippen molar-refractivity contribution in [2.75, 3.05) is 0 Å². The molecule has 1 nitrogen and oxygen atoms in total. The van der Waals surface area contributed by atoms with Gasteiger partial charge in [-0.3, -0.25) is 0 Å². The fourth-order valence-electron chi connectivity index (χ4n) is 3.38. The second-order valence-corrected chi connectivity index (χ2v) is 5.68. The molecule has 2 aliphatic carbocycles. The molecule has 1 heteroatoms. The van der Waals surface area contributed by atoms with Gasteiger partial charge >= 0.3 is 0 Å². The van der Waals surface area contributed by atoms with Gasteiger partial charge in [-0.2, -0.15) is 0 Å². The molecule has 0 spiro atoms. The van der Waals surface area contributed by atoms with Gasteiger partial charge in [-0.15, -0.1) is 0 Å². The van der Waals surface area contributed by atoms with Crippen LogP contribution in [0.4, 0.5) is 0 Å². The monoisotopic (exact) mass is 240 g/mol. The van der Waals surface area contributed by atoms with Crippen LogP contribution in [0.15, 0.2) is 0 Å². The van der Waals surface area contributed by atoms with Crippen molar-refractivity contribution in [2.45, 2.75) is 71.1 Å². The average molecular weight is 240 g/mol. The lowest BCUT2D eigenvalue weighted by Crippen LogP contribution is -2.25. The third-order valence-corrected chi connectivity index (χ3v) is 4.68. The SMILES string of the molecule is [2H]C1C(C2CCC(CC)CC2)CCC([2H])(CC=O)C1([2H])[2H]. The Labute approximate surface area is 112 Å². The first-order valence-electron chi connectivity index (χ1n) is 9.29. The zero-order valence-corrected chi connectivity index (χ0v) is 11.0. The van der Waals surface area contributed by atoms with Gasteiger partial charge in [-0.05, 0) is 62.1 Å². The van der Waals surface area contributed by atoms with Crippen molar-refractivity contribution in [3.8, 4) is 0 Å². The molecule has 2 aliphatic rings. The molecule has 0 aliphatic heterocycles. The number of hydrogen-bond acceptors (Lipinski definition) is 1. The predicted molar refractivity (Wildman–Crippen MR) is 71.9 cm³/mol. The zero-order chi connectivity index (χ0) is 15.7. The van der Waals surface area contributed by atoms with Gasteiger partial charge in [0.15, 0.2) is 0 Å². The molecule has 0 heterocycles. The van der Waals surface area contributed by atoms with Crippen molar-refractivity contribution in [3.63, 3.8) is 0 Å². The first-order valence-corrected chi connectivity index (χ1v) is 7.21. The molecule has 0 N–H and O–H groups in total. The first-order chi connectivity index (χ1) is 9.85. The highest BCUT2D eigenvalue weighted by molar-refractivity contribution is 5.49. The lowest BCUT2D eigenvalue weighted by Gasteiger charge is -2.37. The van der Waals surface area contributed by atoms with Crippen LogP contribution in [0, 0.1) is 23.6 Å². The van der Waals surface area contributed by atoms with Crippen LogP contribution in [-0.2, 0) is 4.79 Å². The van der Waals surface area contributed by atoms with Crippen LogP contribution in [0.5, 0.6) is 0 Å². The summed E-state index contributed by atoms with van der Waals surface area (Å²) in [7, 11) is 0. The Morgan fingerprint density at radius 2 is 1.88 bits per heavy atom. The highest BCUT2D eigenvalue weighted by Crippen LogP contribution is 2.42. The van der Waals surface area contributed by atoms with E-state index >= 15 is 0 Å². The van der Waals surface area contributed by atoms with Gasteiger partial charge in [0.1, 0.15) is 6.29 Å². The molecule has 0 saturated heterocycles. The van der Waals surface area contributed by atoms with E-state index in [4.69, 9.17) is 5.48 Å². The van der Waals surface area contributed by atoms with Crippen LogP contribution in [0.3, 0.4) is 0 Å². The van der Waals surface area contributed by atoms with Crippen LogP contribution >= 0.6 is 0 Å². The molecule has 17 heavy (non-hydrogen) atoms. The van der Waals surface area contributed by atoms with E-state index in [1.165, 1.54) is 19.3 Å². The summed E-state index contributed by atoms with van der Waals surface area (Å²) < 4.78 is 33.2. The molecule has 0 aromatic carbocycles. The van der Waals surface area contributed by atoms with Crippen molar-refractivity contribution in [3.05, 3.63) is 0 Å². The molecule has 0 bridgehead atoms. The molecule has 2 fully saturated rings. The van der Waals surface area contributed by atoms with Crippen molar-refractivity contribution < 1.29 is 10.3 Å². The Balaban J connectivity index is 2.06. The summed E-state index contributed by atoms with van der Waals surface area (Å²) in [6, 6.07) is 0. The third-order valence-electron chi connectivity index (χ3n) is 4.68. The quantitative estimate of drug-likeness (QED) is 0.656. The summed E-state index contributed by atoms with van der Waals surface area (Å²) >= 11 is 0. The smallest absolute Gasteiger partial charge is 0.120 e. The summed E-state index contributed by atoms with van der Waals surface area (Å²) in [6.45, 7) is 2.23. The first kappa shape index (κ1) is 8.72. The minimum Gasteiger partial charge on any atom is -0.303 e. The van der Waals surface area contributed by atoms with Gasteiger partial charge in [-0.25, -0.2) is 0 Å². The Kier molecular flexibility index (Phi) is 3.36. The van der Waals surface area contributed by atoms with Crippen LogP contribution in [-0.4, -0.2) is 6.29 Å². The van der Waals surface area contributed by atoms with E-state index in [2.05, 4.69) is 6.92 Å². The van der Waals surface area contributed by atoms with Gasteiger partial charge < -0.3 is 4.79 Å². The lowest BCUT2D eigenvalue weighted by atomic mass is 9.68. The van der Waals surface area contributed by atoms with Crippen LogP contribution in [0.25, 0.3) is 0 Å². The fraction of sp³-hybridized carbons (Fsp3) is 0.938. The third kappa shape index (κ3) is 3.56. The van der Waals surface area contributed by atoms with E-state index < -0.39 is 18.7 Å². The number of hydrogen-bond donors (Lipinski definition) is 0. The number of carbonyl (C=O) groups excluding carboxylic acids is 1. The average Bonchev–Trinajstić information content (AvgIpc) is 2.46. The van der Waals surface area contributed by atoms with E-state index in [0.717, 1.165) is 25.2 Å². The van der Waals surface area contributed by atoms with Crippen LogP contribution in [0.1, 0.15) is 76.5 Å². The fourth-order valence-corrected chi connectivity index (χ4v) is 3.38. The minimum absolute atomic E-state index is 0.0583. The largest absolute Gasteiger partial charge is 0.303 e. The van der Waals surface area contributed by atoms with Crippen molar-refractivity contribution >= 4 is 6.29 Å². The topological polar surface area (TPSA) is 17.1 Å². The summed E-state index contributed by atoms with van der Waals surface area (Å²) in [6.07, 6.45) is 4.76. The molecule has 3 unspecified atom stereocenters. The maximum Gasteiger partial charge on any atom is 0.120 e. The summed E-state index contributed by atoms with van der Waals surface area (Å²) in [4.78, 5) is 10.8.